The van der Waals surface area contributed by atoms with E-state index in [4.69, 9.17) is 5.21 Å². The van der Waals surface area contributed by atoms with Crippen molar-refractivity contribution in [2.45, 2.75) is 31.3 Å². The number of rotatable bonds is 8. The van der Waals surface area contributed by atoms with Gasteiger partial charge in [0.2, 0.25) is 16.0 Å². The highest BCUT2D eigenvalue weighted by Gasteiger charge is 2.29. The first-order chi connectivity index (χ1) is 17.7. The Hall–Kier alpha value is -3.38. The number of aromatic nitrogens is 2. The number of hydroxylamine groups is 1. The zero-order chi connectivity index (χ0) is 26.6. The van der Waals surface area contributed by atoms with Crippen LogP contribution >= 0.6 is 0 Å². The maximum atomic E-state index is 13.5. The summed E-state index contributed by atoms with van der Waals surface area (Å²) < 4.78 is 28.4. The molecule has 2 heterocycles. The summed E-state index contributed by atoms with van der Waals surface area (Å²) in [4.78, 5) is 24.2. The molecule has 1 amide bonds. The fourth-order valence-electron chi connectivity index (χ4n) is 4.10. The molecule has 10 nitrogen and oxygen atoms in total. The van der Waals surface area contributed by atoms with Crippen molar-refractivity contribution in [1.29, 1.82) is 0 Å². The van der Waals surface area contributed by atoms with Gasteiger partial charge in [0.25, 0.3) is 5.91 Å². The maximum absolute atomic E-state index is 13.5. The van der Waals surface area contributed by atoms with E-state index < -0.39 is 15.9 Å². The van der Waals surface area contributed by atoms with E-state index in [9.17, 15) is 13.2 Å². The van der Waals surface area contributed by atoms with E-state index in [2.05, 4.69) is 47.9 Å². The van der Waals surface area contributed by atoms with Gasteiger partial charge in [-0.25, -0.2) is 23.9 Å². The molecule has 1 saturated heterocycles. The van der Waals surface area contributed by atoms with Crippen molar-refractivity contribution < 1.29 is 18.4 Å². The Bertz CT molecular complexity index is 1340. The topological polar surface area (TPSA) is 119 Å². The summed E-state index contributed by atoms with van der Waals surface area (Å²) in [6, 6.07) is 15.7. The van der Waals surface area contributed by atoms with Crippen LogP contribution in [0, 0.1) is 0 Å². The number of piperazine rings is 1. The van der Waals surface area contributed by atoms with Gasteiger partial charge in [0, 0.05) is 51.2 Å². The van der Waals surface area contributed by atoms with Crippen LogP contribution < -0.4 is 10.4 Å². The Morgan fingerprint density at radius 3 is 2.27 bits per heavy atom. The Kier molecular flexibility index (Phi) is 8.18. The molecule has 0 radical (unpaired) electrons. The molecule has 0 bridgehead atoms. The normalized spacial score (nSPS) is 14.8. The molecule has 1 aliphatic rings. The van der Waals surface area contributed by atoms with Gasteiger partial charge < -0.3 is 4.90 Å². The highest BCUT2D eigenvalue weighted by molar-refractivity contribution is 7.89. The first kappa shape index (κ1) is 26.7. The van der Waals surface area contributed by atoms with Gasteiger partial charge in [-0.05, 0) is 55.8 Å². The Morgan fingerprint density at radius 1 is 1.03 bits per heavy atom. The lowest BCUT2D eigenvalue weighted by molar-refractivity contribution is 0.0705. The molecule has 1 aliphatic heterocycles. The molecule has 37 heavy (non-hydrogen) atoms. The van der Waals surface area contributed by atoms with E-state index in [1.807, 2.05) is 23.1 Å². The SMILES string of the molecule is CC(C)N(C)Cc1cccc(-c2cccc(S(=O)(=O)N3CCN(c4ncc(C(=O)NO)cn4)CC3)c2)c1. The largest absolute Gasteiger partial charge is 0.338 e. The monoisotopic (exact) mass is 524 g/mol. The molecule has 0 aliphatic carbocycles. The summed E-state index contributed by atoms with van der Waals surface area (Å²) in [5.41, 5.74) is 4.67. The maximum Gasteiger partial charge on any atom is 0.277 e. The van der Waals surface area contributed by atoms with Crippen molar-refractivity contribution in [3.63, 3.8) is 0 Å². The van der Waals surface area contributed by atoms with Crippen LogP contribution in [0.15, 0.2) is 65.8 Å². The number of nitrogens with one attached hydrogen (secondary N) is 1. The first-order valence-electron chi connectivity index (χ1n) is 12.1. The molecule has 4 rings (SSSR count). The number of hydrogen-bond acceptors (Lipinski definition) is 8. The lowest BCUT2D eigenvalue weighted by atomic mass is 10.0. The minimum absolute atomic E-state index is 0.129. The number of benzene rings is 2. The van der Waals surface area contributed by atoms with E-state index in [0.717, 1.165) is 17.7 Å². The van der Waals surface area contributed by atoms with Gasteiger partial charge in [0.15, 0.2) is 0 Å². The van der Waals surface area contributed by atoms with E-state index in [1.54, 1.807) is 18.2 Å². The van der Waals surface area contributed by atoms with Crippen LogP contribution in [0.25, 0.3) is 11.1 Å². The predicted molar refractivity (Wildman–Crippen MR) is 141 cm³/mol. The van der Waals surface area contributed by atoms with Gasteiger partial charge in [0.1, 0.15) is 0 Å². The van der Waals surface area contributed by atoms with Gasteiger partial charge >= 0.3 is 0 Å². The van der Waals surface area contributed by atoms with Crippen LogP contribution in [0.4, 0.5) is 5.95 Å². The minimum Gasteiger partial charge on any atom is -0.338 e. The number of nitrogens with zero attached hydrogens (tertiary/aromatic N) is 5. The molecule has 0 unspecified atom stereocenters. The van der Waals surface area contributed by atoms with Crippen LogP contribution in [0.3, 0.4) is 0 Å². The van der Waals surface area contributed by atoms with Gasteiger partial charge in [-0.15, -0.1) is 0 Å². The molecule has 1 aromatic heterocycles. The molecule has 196 valence electrons. The van der Waals surface area contributed by atoms with E-state index in [0.29, 0.717) is 25.1 Å². The first-order valence-corrected chi connectivity index (χ1v) is 13.5. The van der Waals surface area contributed by atoms with Crippen molar-refractivity contribution in [3.05, 3.63) is 72.1 Å². The number of hydrogen-bond donors (Lipinski definition) is 2. The molecule has 2 aromatic carbocycles. The second kappa shape index (κ2) is 11.3. The molecule has 1 fully saturated rings. The molecule has 3 aromatic rings. The van der Waals surface area contributed by atoms with Crippen LogP contribution in [-0.2, 0) is 16.6 Å². The number of amides is 1. The van der Waals surface area contributed by atoms with Crippen molar-refractivity contribution in [2.24, 2.45) is 0 Å². The number of carbonyl (C=O) groups is 1. The lowest BCUT2D eigenvalue weighted by Gasteiger charge is -2.34. The third-order valence-electron chi connectivity index (χ3n) is 6.57. The summed E-state index contributed by atoms with van der Waals surface area (Å²) in [5.74, 6) is -0.296. The molecular weight excluding hydrogens is 492 g/mol. The van der Waals surface area contributed by atoms with Crippen molar-refractivity contribution in [1.82, 2.24) is 24.7 Å². The quantitative estimate of drug-likeness (QED) is 0.341. The number of carbonyl (C=O) groups excluding carboxylic acids is 1. The summed E-state index contributed by atoms with van der Waals surface area (Å²) in [6.07, 6.45) is 2.64. The smallest absolute Gasteiger partial charge is 0.277 e. The van der Waals surface area contributed by atoms with E-state index in [1.165, 1.54) is 27.7 Å². The Balaban J connectivity index is 1.46. The summed E-state index contributed by atoms with van der Waals surface area (Å²) in [7, 11) is -1.60. The standard InChI is InChI=1S/C26H32N6O4S/c1-19(2)30(3)18-20-6-4-7-21(14-20)22-8-5-9-24(15-22)37(35,36)32-12-10-31(11-13-32)26-27-16-23(17-28-26)25(33)29-34/h4-9,14-17,19,34H,10-13,18H2,1-3H3,(H,29,33). The summed E-state index contributed by atoms with van der Waals surface area (Å²) in [5, 5.41) is 8.72. The summed E-state index contributed by atoms with van der Waals surface area (Å²) >= 11 is 0. The second-order valence-corrected chi connectivity index (χ2v) is 11.3. The van der Waals surface area contributed by atoms with Crippen LogP contribution in [-0.4, -0.2) is 78.0 Å². The highest BCUT2D eigenvalue weighted by Crippen LogP contribution is 2.26. The van der Waals surface area contributed by atoms with Crippen molar-refractivity contribution >= 4 is 21.9 Å². The fraction of sp³-hybridized carbons (Fsp3) is 0.346. The van der Waals surface area contributed by atoms with Gasteiger partial charge in [0.05, 0.1) is 10.5 Å². The van der Waals surface area contributed by atoms with E-state index in [-0.39, 0.29) is 23.5 Å². The third kappa shape index (κ3) is 6.13. The Morgan fingerprint density at radius 2 is 1.65 bits per heavy atom. The average Bonchev–Trinajstić information content (AvgIpc) is 2.93. The third-order valence-corrected chi connectivity index (χ3v) is 8.46. The lowest BCUT2D eigenvalue weighted by Crippen LogP contribution is -2.49. The minimum atomic E-state index is -3.68. The fourth-order valence-corrected chi connectivity index (χ4v) is 5.57. The van der Waals surface area contributed by atoms with Crippen LogP contribution in [0.5, 0.6) is 0 Å². The van der Waals surface area contributed by atoms with Crippen LogP contribution in [0.2, 0.25) is 0 Å². The van der Waals surface area contributed by atoms with Gasteiger partial charge in [-0.3, -0.25) is 14.9 Å². The molecule has 11 heteroatoms. The van der Waals surface area contributed by atoms with Crippen molar-refractivity contribution in [2.75, 3.05) is 38.1 Å². The molecular formula is C26H32N6O4S. The van der Waals surface area contributed by atoms with Gasteiger partial charge in [-0.1, -0.05) is 30.3 Å². The molecule has 0 spiro atoms. The van der Waals surface area contributed by atoms with E-state index >= 15 is 0 Å². The summed E-state index contributed by atoms with van der Waals surface area (Å²) in [6.45, 7) is 6.51. The van der Waals surface area contributed by atoms with Crippen LogP contribution in [0.1, 0.15) is 29.8 Å². The Labute approximate surface area is 217 Å². The van der Waals surface area contributed by atoms with Crippen molar-refractivity contribution in [3.8, 4) is 11.1 Å². The second-order valence-electron chi connectivity index (χ2n) is 9.34. The number of anilines is 1. The molecule has 2 N–H and O–H groups in total. The molecule has 0 atom stereocenters. The predicted octanol–water partition coefficient (Wildman–Crippen LogP) is 2.61. The highest BCUT2D eigenvalue weighted by atomic mass is 32.2. The average molecular weight is 525 g/mol. The number of sulfonamides is 1. The molecule has 0 saturated carbocycles. The van der Waals surface area contributed by atoms with Gasteiger partial charge in [-0.2, -0.15) is 4.31 Å². The zero-order valence-electron chi connectivity index (χ0n) is 21.2. The zero-order valence-corrected chi connectivity index (χ0v) is 22.0.